The lowest BCUT2D eigenvalue weighted by atomic mass is 9.94. The largest absolute Gasteiger partial charge is 0.343 e. The Morgan fingerprint density at radius 1 is 1.10 bits per heavy atom. The predicted octanol–water partition coefficient (Wildman–Crippen LogP) is 3.15. The summed E-state index contributed by atoms with van der Waals surface area (Å²) in [4.78, 5) is 36.1. The number of hydrogen-bond donors (Lipinski definition) is 1. The summed E-state index contributed by atoms with van der Waals surface area (Å²) < 4.78 is 1.91. The Balaban J connectivity index is 1.52. The molecule has 1 aliphatic rings. The van der Waals surface area contributed by atoms with Crippen LogP contribution in [0.2, 0.25) is 0 Å². The van der Waals surface area contributed by atoms with Crippen LogP contribution in [0.3, 0.4) is 0 Å². The number of carbonyl (C=O) groups is 2. The topological polar surface area (TPSA) is 80.1 Å². The van der Waals surface area contributed by atoms with Crippen LogP contribution in [0.1, 0.15) is 48.4 Å². The summed E-state index contributed by atoms with van der Waals surface area (Å²) in [5.74, 6) is 0.466. The van der Waals surface area contributed by atoms with Crippen molar-refractivity contribution in [3.8, 4) is 0 Å². The van der Waals surface area contributed by atoms with E-state index in [4.69, 9.17) is 0 Å². The van der Waals surface area contributed by atoms with Crippen LogP contribution in [0, 0.1) is 0 Å². The molecular weight excluding hydrogens is 378 g/mol. The van der Waals surface area contributed by atoms with Crippen molar-refractivity contribution in [3.05, 3.63) is 60.2 Å². The minimum absolute atomic E-state index is 0.0716. The van der Waals surface area contributed by atoms with Gasteiger partial charge in [-0.05, 0) is 37.1 Å². The van der Waals surface area contributed by atoms with Gasteiger partial charge in [0.1, 0.15) is 18.1 Å². The van der Waals surface area contributed by atoms with Crippen LogP contribution >= 0.6 is 0 Å². The number of amides is 2. The van der Waals surface area contributed by atoms with Gasteiger partial charge in [-0.1, -0.05) is 37.5 Å². The summed E-state index contributed by atoms with van der Waals surface area (Å²) in [6, 6.07) is 13.3. The van der Waals surface area contributed by atoms with Gasteiger partial charge in [-0.25, -0.2) is 4.98 Å². The maximum Gasteiger partial charge on any atom is 0.270 e. The number of likely N-dealkylation sites (N-methyl/N-ethyl adjacent to an activating group) is 1. The number of hydrogen-bond acceptors (Lipinski definition) is 4. The Kier molecular flexibility index (Phi) is 6.07. The summed E-state index contributed by atoms with van der Waals surface area (Å²) in [6.45, 7) is 0.437. The van der Waals surface area contributed by atoms with Gasteiger partial charge < -0.3 is 14.8 Å². The molecule has 0 unspecified atom stereocenters. The van der Waals surface area contributed by atoms with Crippen molar-refractivity contribution in [3.63, 3.8) is 0 Å². The fourth-order valence-corrected chi connectivity index (χ4v) is 4.10. The third-order valence-electron chi connectivity index (χ3n) is 5.85. The Morgan fingerprint density at radius 2 is 1.87 bits per heavy atom. The summed E-state index contributed by atoms with van der Waals surface area (Å²) in [7, 11) is 1.90. The van der Waals surface area contributed by atoms with Crippen LogP contribution < -0.4 is 5.32 Å². The molecule has 0 aliphatic heterocycles. The molecule has 0 radical (unpaired) electrons. The minimum atomic E-state index is -0.264. The van der Waals surface area contributed by atoms with E-state index in [1.807, 2.05) is 40.8 Å². The molecule has 3 aromatic rings. The molecule has 1 saturated carbocycles. The van der Waals surface area contributed by atoms with Gasteiger partial charge in [0.05, 0.1) is 17.6 Å². The molecule has 1 fully saturated rings. The number of fused-ring (bicyclic) bond motifs is 1. The molecule has 7 heteroatoms. The number of aromatic nitrogens is 3. The zero-order valence-electron chi connectivity index (χ0n) is 17.3. The lowest BCUT2D eigenvalue weighted by Gasteiger charge is -2.31. The van der Waals surface area contributed by atoms with Crippen LogP contribution in [0.4, 0.5) is 0 Å². The first-order valence-electron chi connectivity index (χ1n) is 10.5. The first-order chi connectivity index (χ1) is 14.6. The highest BCUT2D eigenvalue weighted by Crippen LogP contribution is 2.23. The van der Waals surface area contributed by atoms with Crippen LogP contribution in [0.15, 0.2) is 48.7 Å². The van der Waals surface area contributed by atoms with Gasteiger partial charge in [-0.3, -0.25) is 14.6 Å². The molecule has 0 spiro atoms. The van der Waals surface area contributed by atoms with Crippen molar-refractivity contribution in [1.82, 2.24) is 24.8 Å². The number of pyridine rings is 1. The van der Waals surface area contributed by atoms with Gasteiger partial charge >= 0.3 is 0 Å². The number of imidazole rings is 1. The summed E-state index contributed by atoms with van der Waals surface area (Å²) in [5.41, 5.74) is 2.06. The van der Waals surface area contributed by atoms with E-state index in [0.29, 0.717) is 17.6 Å². The summed E-state index contributed by atoms with van der Waals surface area (Å²) in [6.07, 6.45) is 7.34. The fourth-order valence-electron chi connectivity index (χ4n) is 4.10. The monoisotopic (exact) mass is 405 g/mol. The van der Waals surface area contributed by atoms with Gasteiger partial charge in [-0.2, -0.15) is 0 Å². The van der Waals surface area contributed by atoms with Gasteiger partial charge in [0, 0.05) is 19.3 Å². The normalized spacial score (nSPS) is 14.6. The zero-order chi connectivity index (χ0) is 20.9. The lowest BCUT2D eigenvalue weighted by molar-refractivity contribution is -0.133. The molecular formula is C23H27N5O2. The molecule has 30 heavy (non-hydrogen) atoms. The Morgan fingerprint density at radius 3 is 2.63 bits per heavy atom. The summed E-state index contributed by atoms with van der Waals surface area (Å²) in [5, 5.41) is 2.87. The molecule has 1 N–H and O–H groups in total. The van der Waals surface area contributed by atoms with Crippen molar-refractivity contribution in [2.45, 2.75) is 51.2 Å². The third-order valence-corrected chi connectivity index (χ3v) is 5.85. The average molecular weight is 406 g/mol. The standard InChI is InChI=1S/C23H27N5O2/c1-27(17-9-3-2-4-10-17)22(29)16-28-20-13-6-5-11-18(20)26-21(28)15-25-23(30)19-12-7-8-14-24-19/h5-8,11-14,17H,2-4,9-10,15-16H2,1H3,(H,25,30). The van der Waals surface area contributed by atoms with Crippen molar-refractivity contribution in [2.24, 2.45) is 0 Å². The van der Waals surface area contributed by atoms with Crippen molar-refractivity contribution < 1.29 is 9.59 Å². The molecule has 0 bridgehead atoms. The van der Waals surface area contributed by atoms with Crippen molar-refractivity contribution in [1.29, 1.82) is 0 Å². The van der Waals surface area contributed by atoms with Crippen molar-refractivity contribution >= 4 is 22.8 Å². The predicted molar refractivity (Wildman–Crippen MR) is 115 cm³/mol. The molecule has 0 saturated heterocycles. The van der Waals surface area contributed by atoms with Crippen LogP contribution in [0.5, 0.6) is 0 Å². The van der Waals surface area contributed by atoms with Gasteiger partial charge in [0.15, 0.2) is 0 Å². The van der Waals surface area contributed by atoms with Crippen LogP contribution in [-0.4, -0.2) is 44.3 Å². The average Bonchev–Trinajstić information content (AvgIpc) is 3.15. The number of para-hydroxylation sites is 2. The van der Waals surface area contributed by atoms with E-state index >= 15 is 0 Å². The van der Waals surface area contributed by atoms with Gasteiger partial charge in [0.25, 0.3) is 5.91 Å². The smallest absolute Gasteiger partial charge is 0.270 e. The molecule has 2 amide bonds. The minimum Gasteiger partial charge on any atom is -0.343 e. The molecule has 1 aliphatic carbocycles. The van der Waals surface area contributed by atoms with E-state index in [9.17, 15) is 9.59 Å². The highest BCUT2D eigenvalue weighted by Gasteiger charge is 2.23. The van der Waals surface area contributed by atoms with Gasteiger partial charge in [0.2, 0.25) is 5.91 Å². The number of carbonyl (C=O) groups excluding carboxylic acids is 2. The van der Waals surface area contributed by atoms with E-state index < -0.39 is 0 Å². The van der Waals surface area contributed by atoms with Crippen LogP contribution in [-0.2, 0) is 17.9 Å². The number of rotatable bonds is 6. The van der Waals surface area contributed by atoms with E-state index in [1.165, 1.54) is 19.3 Å². The lowest BCUT2D eigenvalue weighted by Crippen LogP contribution is -2.40. The first kappa shape index (κ1) is 20.1. The van der Waals surface area contributed by atoms with Gasteiger partial charge in [-0.15, -0.1) is 0 Å². The SMILES string of the molecule is CN(C(=O)Cn1c(CNC(=O)c2ccccn2)nc2ccccc21)C1CCCCC1. The Bertz CT molecular complexity index is 1020. The fraction of sp³-hybridized carbons (Fsp3) is 0.391. The number of benzene rings is 1. The number of nitrogens with one attached hydrogen (secondary N) is 1. The molecule has 2 aromatic heterocycles. The van der Waals surface area contributed by atoms with E-state index in [-0.39, 0.29) is 24.9 Å². The van der Waals surface area contributed by atoms with E-state index in [2.05, 4.69) is 15.3 Å². The zero-order valence-corrected chi connectivity index (χ0v) is 17.3. The summed E-state index contributed by atoms with van der Waals surface area (Å²) >= 11 is 0. The molecule has 4 rings (SSSR count). The molecule has 7 nitrogen and oxygen atoms in total. The maximum atomic E-state index is 13.0. The third kappa shape index (κ3) is 4.35. The van der Waals surface area contributed by atoms with E-state index in [1.54, 1.807) is 24.4 Å². The maximum absolute atomic E-state index is 13.0. The number of nitrogens with zero attached hydrogens (tertiary/aromatic N) is 4. The highest BCUT2D eigenvalue weighted by atomic mass is 16.2. The first-order valence-corrected chi connectivity index (χ1v) is 10.5. The Hall–Kier alpha value is -3.22. The van der Waals surface area contributed by atoms with Crippen molar-refractivity contribution in [2.75, 3.05) is 7.05 Å². The second kappa shape index (κ2) is 9.07. The molecule has 0 atom stereocenters. The second-order valence-corrected chi connectivity index (χ2v) is 7.80. The molecule has 156 valence electrons. The molecule has 2 heterocycles. The highest BCUT2D eigenvalue weighted by molar-refractivity contribution is 5.92. The second-order valence-electron chi connectivity index (χ2n) is 7.80. The quantitative estimate of drug-likeness (QED) is 0.683. The van der Waals surface area contributed by atoms with E-state index in [0.717, 1.165) is 23.9 Å². The molecule has 1 aromatic carbocycles. The Labute approximate surface area is 176 Å². The van der Waals surface area contributed by atoms with Crippen LogP contribution in [0.25, 0.3) is 11.0 Å².